The van der Waals surface area contributed by atoms with Gasteiger partial charge in [-0.25, -0.2) is 0 Å². The predicted octanol–water partition coefficient (Wildman–Crippen LogP) is 5.35. The molecule has 0 fully saturated rings. The van der Waals surface area contributed by atoms with Crippen LogP contribution >= 0.6 is 34.7 Å². The third-order valence-electron chi connectivity index (χ3n) is 3.56. The van der Waals surface area contributed by atoms with Gasteiger partial charge in [0, 0.05) is 16.3 Å². The van der Waals surface area contributed by atoms with Crippen LogP contribution in [0.4, 0.5) is 5.13 Å². The largest absolute Gasteiger partial charge is 0.296 e. The van der Waals surface area contributed by atoms with Crippen LogP contribution in [0.25, 0.3) is 0 Å². The molecule has 3 aromatic rings. The lowest BCUT2D eigenvalue weighted by Crippen LogP contribution is -2.13. The van der Waals surface area contributed by atoms with E-state index in [0.717, 1.165) is 26.1 Å². The molecule has 0 aliphatic rings. The molecular formula is C18H16ClN3OS2. The molecule has 25 heavy (non-hydrogen) atoms. The number of anilines is 1. The van der Waals surface area contributed by atoms with Crippen LogP contribution in [-0.2, 0) is 5.75 Å². The fourth-order valence-corrected chi connectivity index (χ4v) is 4.34. The van der Waals surface area contributed by atoms with Crippen LogP contribution in [0.2, 0.25) is 5.02 Å². The van der Waals surface area contributed by atoms with E-state index in [1.807, 2.05) is 56.3 Å². The van der Waals surface area contributed by atoms with Crippen LogP contribution in [0, 0.1) is 13.8 Å². The molecule has 1 aromatic heterocycles. The van der Waals surface area contributed by atoms with Gasteiger partial charge in [-0.05, 0) is 37.1 Å². The molecular weight excluding hydrogens is 374 g/mol. The Balaban J connectivity index is 1.63. The van der Waals surface area contributed by atoms with E-state index in [-0.39, 0.29) is 5.91 Å². The van der Waals surface area contributed by atoms with E-state index < -0.39 is 0 Å². The smallest absolute Gasteiger partial charge is 0.257 e. The van der Waals surface area contributed by atoms with Gasteiger partial charge in [0.2, 0.25) is 5.13 Å². The van der Waals surface area contributed by atoms with Gasteiger partial charge in [0.25, 0.3) is 5.91 Å². The summed E-state index contributed by atoms with van der Waals surface area (Å²) in [5, 5.41) is 12.2. The monoisotopic (exact) mass is 389 g/mol. The first-order valence-corrected chi connectivity index (χ1v) is 9.79. The van der Waals surface area contributed by atoms with Crippen molar-refractivity contribution in [3.05, 3.63) is 69.7 Å². The number of nitrogens with one attached hydrogen (secondary N) is 1. The van der Waals surface area contributed by atoms with Gasteiger partial charge in [-0.3, -0.25) is 10.1 Å². The topological polar surface area (TPSA) is 54.9 Å². The maximum Gasteiger partial charge on any atom is 0.257 e. The molecule has 3 rings (SSSR count). The van der Waals surface area contributed by atoms with E-state index in [9.17, 15) is 4.79 Å². The van der Waals surface area contributed by atoms with Gasteiger partial charge in [-0.2, -0.15) is 0 Å². The molecule has 4 nitrogen and oxygen atoms in total. The van der Waals surface area contributed by atoms with E-state index in [2.05, 4.69) is 15.5 Å². The summed E-state index contributed by atoms with van der Waals surface area (Å²) in [4.78, 5) is 12.4. The standard InChI is InChI=1S/C18H16ClN3OS2/c1-11-7-8-14(12(2)9-11)16(23)20-17-21-22-18(25-17)24-10-13-5-3-4-6-15(13)19/h3-9H,10H2,1-2H3,(H,20,21,23). The molecule has 0 atom stereocenters. The zero-order valence-electron chi connectivity index (χ0n) is 13.7. The molecule has 2 aromatic carbocycles. The van der Waals surface area contributed by atoms with Crippen molar-refractivity contribution in [1.29, 1.82) is 0 Å². The van der Waals surface area contributed by atoms with Crippen LogP contribution < -0.4 is 5.32 Å². The Hall–Kier alpha value is -1.89. The number of aryl methyl sites for hydroxylation is 2. The molecule has 1 N–H and O–H groups in total. The number of halogens is 1. The first kappa shape index (κ1) is 17.9. The lowest BCUT2D eigenvalue weighted by Gasteiger charge is -2.05. The van der Waals surface area contributed by atoms with Gasteiger partial charge in [0.05, 0.1) is 0 Å². The molecule has 0 aliphatic heterocycles. The van der Waals surface area contributed by atoms with Crippen molar-refractivity contribution in [2.75, 3.05) is 5.32 Å². The highest BCUT2D eigenvalue weighted by molar-refractivity contribution is 8.00. The Labute approximate surface area is 159 Å². The number of benzene rings is 2. The Kier molecular flexibility index (Phi) is 5.73. The van der Waals surface area contributed by atoms with Crippen LogP contribution in [0.5, 0.6) is 0 Å². The van der Waals surface area contributed by atoms with Crippen molar-refractivity contribution in [3.8, 4) is 0 Å². The minimum atomic E-state index is -0.170. The molecule has 1 heterocycles. The molecule has 128 valence electrons. The van der Waals surface area contributed by atoms with Gasteiger partial charge in [-0.1, -0.05) is 70.6 Å². The van der Waals surface area contributed by atoms with E-state index in [0.29, 0.717) is 16.4 Å². The summed E-state index contributed by atoms with van der Waals surface area (Å²) in [5.74, 6) is 0.538. The summed E-state index contributed by atoms with van der Waals surface area (Å²) in [6, 6.07) is 13.5. The molecule has 0 saturated heterocycles. The van der Waals surface area contributed by atoms with Crippen LogP contribution in [0.3, 0.4) is 0 Å². The fourth-order valence-electron chi connectivity index (χ4n) is 2.31. The average molecular weight is 390 g/mol. The number of nitrogens with zero attached hydrogens (tertiary/aromatic N) is 2. The minimum Gasteiger partial charge on any atom is -0.296 e. The number of amides is 1. The van der Waals surface area contributed by atoms with Gasteiger partial charge < -0.3 is 0 Å². The SMILES string of the molecule is Cc1ccc(C(=O)Nc2nnc(SCc3ccccc3Cl)s2)c(C)c1. The molecule has 7 heteroatoms. The normalized spacial score (nSPS) is 10.7. The second-order valence-corrected chi connectivity index (χ2v) is 8.13. The zero-order chi connectivity index (χ0) is 17.8. The van der Waals surface area contributed by atoms with E-state index in [1.165, 1.54) is 11.3 Å². The van der Waals surface area contributed by atoms with Gasteiger partial charge in [0.1, 0.15) is 0 Å². The van der Waals surface area contributed by atoms with Crippen molar-refractivity contribution >= 4 is 45.7 Å². The Morgan fingerprint density at radius 1 is 1.20 bits per heavy atom. The molecule has 0 spiro atoms. The second-order valence-electron chi connectivity index (χ2n) is 5.53. The first-order chi connectivity index (χ1) is 12.0. The van der Waals surface area contributed by atoms with Gasteiger partial charge >= 0.3 is 0 Å². The van der Waals surface area contributed by atoms with Crippen molar-refractivity contribution < 1.29 is 4.79 Å². The third-order valence-corrected chi connectivity index (χ3v) is 5.95. The van der Waals surface area contributed by atoms with Crippen molar-refractivity contribution in [1.82, 2.24) is 10.2 Å². The number of hydrogen-bond donors (Lipinski definition) is 1. The quantitative estimate of drug-likeness (QED) is 0.471. The zero-order valence-corrected chi connectivity index (χ0v) is 16.1. The highest BCUT2D eigenvalue weighted by atomic mass is 35.5. The summed E-state index contributed by atoms with van der Waals surface area (Å²) < 4.78 is 0.788. The highest BCUT2D eigenvalue weighted by Gasteiger charge is 2.13. The lowest BCUT2D eigenvalue weighted by molar-refractivity contribution is 0.102. The summed E-state index contributed by atoms with van der Waals surface area (Å²) in [5.41, 5.74) is 3.76. The summed E-state index contributed by atoms with van der Waals surface area (Å²) >= 11 is 9.06. The number of carbonyl (C=O) groups is 1. The van der Waals surface area contributed by atoms with Crippen LogP contribution in [-0.4, -0.2) is 16.1 Å². The van der Waals surface area contributed by atoms with Gasteiger partial charge in [-0.15, -0.1) is 10.2 Å². The number of rotatable bonds is 5. The maximum absolute atomic E-state index is 12.4. The number of thioether (sulfide) groups is 1. The molecule has 0 radical (unpaired) electrons. The van der Waals surface area contributed by atoms with E-state index in [4.69, 9.17) is 11.6 Å². The van der Waals surface area contributed by atoms with Crippen LogP contribution in [0.15, 0.2) is 46.8 Å². The minimum absolute atomic E-state index is 0.170. The number of carbonyl (C=O) groups excluding carboxylic acids is 1. The van der Waals surface area contributed by atoms with E-state index >= 15 is 0 Å². The number of hydrogen-bond acceptors (Lipinski definition) is 5. The Bertz CT molecular complexity index is 911. The van der Waals surface area contributed by atoms with E-state index in [1.54, 1.807) is 11.8 Å². The van der Waals surface area contributed by atoms with Crippen molar-refractivity contribution in [2.45, 2.75) is 23.9 Å². The molecule has 0 saturated carbocycles. The second kappa shape index (κ2) is 7.99. The van der Waals surface area contributed by atoms with Crippen LogP contribution in [0.1, 0.15) is 27.0 Å². The van der Waals surface area contributed by atoms with Gasteiger partial charge in [0.15, 0.2) is 4.34 Å². The number of aromatic nitrogens is 2. The summed E-state index contributed by atoms with van der Waals surface area (Å²) in [6.07, 6.45) is 0. The predicted molar refractivity (Wildman–Crippen MR) is 105 cm³/mol. The van der Waals surface area contributed by atoms with Crippen molar-refractivity contribution in [2.24, 2.45) is 0 Å². The Morgan fingerprint density at radius 3 is 2.76 bits per heavy atom. The Morgan fingerprint density at radius 2 is 2.00 bits per heavy atom. The molecule has 0 unspecified atom stereocenters. The van der Waals surface area contributed by atoms with Crippen molar-refractivity contribution in [3.63, 3.8) is 0 Å². The molecule has 0 bridgehead atoms. The fraction of sp³-hybridized carbons (Fsp3) is 0.167. The summed E-state index contributed by atoms with van der Waals surface area (Å²) in [6.45, 7) is 3.93. The summed E-state index contributed by atoms with van der Waals surface area (Å²) in [7, 11) is 0. The molecule has 0 aliphatic carbocycles. The first-order valence-electron chi connectivity index (χ1n) is 7.61. The maximum atomic E-state index is 12.4. The lowest BCUT2D eigenvalue weighted by atomic mass is 10.1. The highest BCUT2D eigenvalue weighted by Crippen LogP contribution is 2.30. The average Bonchev–Trinajstić information content (AvgIpc) is 3.01. The molecule has 1 amide bonds. The third kappa shape index (κ3) is 4.60.